The molecule has 0 N–H and O–H groups in total. The second-order valence-electron chi connectivity index (χ2n) is 10.3. The summed E-state index contributed by atoms with van der Waals surface area (Å²) in [4.78, 5) is 19.4. The topological polar surface area (TPSA) is 102 Å². The number of aromatic nitrogens is 3. The average molecular weight is 556 g/mol. The summed E-state index contributed by atoms with van der Waals surface area (Å²) in [5.74, 6) is -0.589. The first kappa shape index (κ1) is 25.6. The average Bonchev–Trinajstić information content (AvgIpc) is 3.62. The molecule has 4 aromatic rings. The minimum absolute atomic E-state index is 0.124. The first-order chi connectivity index (χ1) is 18.5. The van der Waals surface area contributed by atoms with Gasteiger partial charge >= 0.3 is 0 Å². The highest BCUT2D eigenvalue weighted by atomic mass is 32.2. The van der Waals surface area contributed by atoms with Crippen LogP contribution in [-0.4, -0.2) is 52.7 Å². The van der Waals surface area contributed by atoms with Crippen LogP contribution >= 0.6 is 0 Å². The van der Waals surface area contributed by atoms with Crippen LogP contribution in [-0.2, 0) is 14.8 Å². The monoisotopic (exact) mass is 555 g/mol. The van der Waals surface area contributed by atoms with Crippen molar-refractivity contribution >= 4 is 32.7 Å². The third kappa shape index (κ3) is 4.41. The summed E-state index contributed by atoms with van der Waals surface area (Å²) >= 11 is 0. The third-order valence-electron chi connectivity index (χ3n) is 7.63. The number of rotatable bonds is 5. The van der Waals surface area contributed by atoms with Gasteiger partial charge in [-0.3, -0.25) is 4.79 Å². The molecule has 2 atom stereocenters. The van der Waals surface area contributed by atoms with E-state index in [1.807, 2.05) is 36.6 Å². The Morgan fingerprint density at radius 1 is 1.05 bits per heavy atom. The van der Waals surface area contributed by atoms with Crippen molar-refractivity contribution in [1.82, 2.24) is 19.0 Å². The van der Waals surface area contributed by atoms with Gasteiger partial charge in [-0.2, -0.15) is 0 Å². The quantitative estimate of drug-likeness (QED) is 0.355. The fraction of sp³-hybridized carbons (Fsp3) is 0.370. The lowest BCUT2D eigenvalue weighted by molar-refractivity contribution is -0.117. The molecule has 0 spiro atoms. The molecule has 2 fully saturated rings. The number of anilines is 1. The van der Waals surface area contributed by atoms with E-state index in [0.717, 1.165) is 40.5 Å². The lowest BCUT2D eigenvalue weighted by Crippen LogP contribution is -2.31. The van der Waals surface area contributed by atoms with Gasteiger partial charge in [0.1, 0.15) is 23.2 Å². The molecule has 0 radical (unpaired) electrons. The van der Waals surface area contributed by atoms with E-state index in [2.05, 4.69) is 5.16 Å². The second kappa shape index (κ2) is 9.23. The molecule has 39 heavy (non-hydrogen) atoms. The number of aryl methyl sites for hydroxylation is 2. The van der Waals surface area contributed by atoms with Crippen LogP contribution in [0.25, 0.3) is 22.2 Å². The Bertz CT molecular complexity index is 1690. The predicted octanol–water partition coefficient (Wildman–Crippen LogP) is 4.66. The minimum atomic E-state index is -3.40. The number of hydrogen-bond acceptors (Lipinski definition) is 6. The summed E-state index contributed by atoms with van der Waals surface area (Å²) in [6.07, 6.45) is 2.34. The molecular weight excluding hydrogens is 528 g/mol. The Kier molecular flexibility index (Phi) is 6.07. The highest BCUT2D eigenvalue weighted by Crippen LogP contribution is 2.41. The van der Waals surface area contributed by atoms with Gasteiger partial charge in [-0.1, -0.05) is 11.2 Å². The highest BCUT2D eigenvalue weighted by Gasteiger charge is 2.40. The van der Waals surface area contributed by atoms with Crippen LogP contribution < -0.4 is 4.90 Å². The van der Waals surface area contributed by atoms with Crippen LogP contribution in [0.3, 0.4) is 0 Å². The summed E-state index contributed by atoms with van der Waals surface area (Å²) in [7, 11) is -3.40. The number of sulfonamides is 1. The highest BCUT2D eigenvalue weighted by molar-refractivity contribution is 7.88. The number of benzene rings is 2. The van der Waals surface area contributed by atoms with E-state index in [0.29, 0.717) is 36.5 Å². The number of imidazole rings is 1. The zero-order valence-corrected chi connectivity index (χ0v) is 22.5. The maximum Gasteiger partial charge on any atom is 0.227 e. The van der Waals surface area contributed by atoms with E-state index in [-0.39, 0.29) is 30.6 Å². The Labute approximate surface area is 224 Å². The molecule has 2 aliphatic rings. The number of hydrogen-bond donors (Lipinski definition) is 0. The molecule has 6 rings (SSSR count). The molecule has 0 unspecified atom stereocenters. The van der Waals surface area contributed by atoms with Crippen LogP contribution in [0.2, 0.25) is 0 Å². The van der Waals surface area contributed by atoms with Gasteiger partial charge in [-0.25, -0.2) is 26.5 Å². The molecule has 0 saturated carbocycles. The zero-order chi connectivity index (χ0) is 27.6. The number of nitrogens with zero attached hydrogens (tertiary/aromatic N) is 5. The fourth-order valence-electron chi connectivity index (χ4n) is 5.94. The Balaban J connectivity index is 1.52. The SMILES string of the molecule is Cc1noc(C)c1-c1ccc2c(c1)nc([C@@H]1CCC(=O)N1c1cc(F)cc(F)c1)n2[C@@H]1CCN(S(C)(=O)=O)C1. The van der Waals surface area contributed by atoms with Crippen LogP contribution in [0.15, 0.2) is 40.9 Å². The third-order valence-corrected chi connectivity index (χ3v) is 8.90. The van der Waals surface area contributed by atoms with Gasteiger partial charge in [-0.05, 0) is 56.5 Å². The van der Waals surface area contributed by atoms with E-state index in [4.69, 9.17) is 9.51 Å². The number of carbonyl (C=O) groups excluding carboxylic acids is 1. The molecular formula is C27H27F2N5O4S. The van der Waals surface area contributed by atoms with Crippen molar-refractivity contribution in [2.75, 3.05) is 24.2 Å². The lowest BCUT2D eigenvalue weighted by Gasteiger charge is -2.27. The van der Waals surface area contributed by atoms with Gasteiger partial charge in [0.2, 0.25) is 15.9 Å². The van der Waals surface area contributed by atoms with E-state index < -0.39 is 27.7 Å². The molecule has 2 aromatic carbocycles. The molecule has 204 valence electrons. The van der Waals surface area contributed by atoms with Crippen molar-refractivity contribution in [1.29, 1.82) is 0 Å². The van der Waals surface area contributed by atoms with Gasteiger partial charge in [0.15, 0.2) is 0 Å². The summed E-state index contributed by atoms with van der Waals surface area (Å²) in [5, 5.41) is 4.05. The van der Waals surface area contributed by atoms with Crippen molar-refractivity contribution in [2.45, 2.75) is 45.2 Å². The van der Waals surface area contributed by atoms with Crippen molar-refractivity contribution in [2.24, 2.45) is 0 Å². The van der Waals surface area contributed by atoms with Crippen molar-refractivity contribution < 1.29 is 26.5 Å². The minimum Gasteiger partial charge on any atom is -0.361 e. The van der Waals surface area contributed by atoms with Crippen LogP contribution in [0.4, 0.5) is 14.5 Å². The fourth-order valence-corrected chi connectivity index (χ4v) is 6.82. The van der Waals surface area contributed by atoms with Crippen molar-refractivity contribution in [3.05, 3.63) is 65.3 Å². The number of amides is 1. The lowest BCUT2D eigenvalue weighted by atomic mass is 10.0. The van der Waals surface area contributed by atoms with Crippen molar-refractivity contribution in [3.8, 4) is 11.1 Å². The van der Waals surface area contributed by atoms with Crippen LogP contribution in [0, 0.1) is 25.5 Å². The zero-order valence-electron chi connectivity index (χ0n) is 21.7. The van der Waals surface area contributed by atoms with Gasteiger partial charge in [-0.15, -0.1) is 0 Å². The van der Waals surface area contributed by atoms with E-state index >= 15 is 0 Å². The van der Waals surface area contributed by atoms with Gasteiger partial charge in [0.05, 0.1) is 40.8 Å². The van der Waals surface area contributed by atoms with Gasteiger partial charge < -0.3 is 14.0 Å². The van der Waals surface area contributed by atoms with E-state index in [9.17, 15) is 22.0 Å². The van der Waals surface area contributed by atoms with Crippen LogP contribution in [0.5, 0.6) is 0 Å². The molecule has 1 amide bonds. The molecule has 4 heterocycles. The Morgan fingerprint density at radius 3 is 2.44 bits per heavy atom. The Morgan fingerprint density at radius 2 is 1.79 bits per heavy atom. The number of carbonyl (C=O) groups is 1. The summed E-state index contributed by atoms with van der Waals surface area (Å²) in [6, 6.07) is 8.04. The normalized spacial score (nSPS) is 20.5. The number of halogens is 2. The molecule has 0 bridgehead atoms. The summed E-state index contributed by atoms with van der Waals surface area (Å²) in [5.41, 5.74) is 4.04. The van der Waals surface area contributed by atoms with Crippen LogP contribution in [0.1, 0.15) is 48.6 Å². The molecule has 0 aliphatic carbocycles. The van der Waals surface area contributed by atoms with E-state index in [1.54, 1.807) is 0 Å². The molecule has 2 aromatic heterocycles. The predicted molar refractivity (Wildman–Crippen MR) is 141 cm³/mol. The first-order valence-corrected chi connectivity index (χ1v) is 14.5. The molecule has 12 heteroatoms. The summed E-state index contributed by atoms with van der Waals surface area (Å²) < 4.78 is 61.7. The van der Waals surface area contributed by atoms with Crippen molar-refractivity contribution in [3.63, 3.8) is 0 Å². The standard InChI is InChI=1S/C27H27F2N5O4S/c1-15-26(16(2)38-31-15)17-4-5-23-22(10-17)30-27(34(23)20-8-9-32(14-20)39(3,36)37)24-6-7-25(35)33(24)21-12-18(28)11-19(29)13-21/h4-5,10-13,20,24H,6-9,14H2,1-3H3/t20-,24+/m1/s1. The van der Waals surface area contributed by atoms with E-state index in [1.165, 1.54) is 15.5 Å². The molecule has 2 aliphatic heterocycles. The maximum atomic E-state index is 14.2. The molecule has 2 saturated heterocycles. The second-order valence-corrected chi connectivity index (χ2v) is 12.2. The maximum absolute atomic E-state index is 14.2. The smallest absolute Gasteiger partial charge is 0.227 e. The largest absolute Gasteiger partial charge is 0.361 e. The molecule has 9 nitrogen and oxygen atoms in total. The first-order valence-electron chi connectivity index (χ1n) is 12.7. The van der Waals surface area contributed by atoms with Gasteiger partial charge in [0, 0.05) is 31.1 Å². The van der Waals surface area contributed by atoms with Gasteiger partial charge in [0.25, 0.3) is 0 Å². The number of fused-ring (bicyclic) bond motifs is 1. The summed E-state index contributed by atoms with van der Waals surface area (Å²) in [6.45, 7) is 4.32. The Hall–Kier alpha value is -3.64.